The fraction of sp³-hybridized carbons (Fsp3) is 0.538. The highest BCUT2D eigenvalue weighted by molar-refractivity contribution is 5.89. The van der Waals surface area contributed by atoms with E-state index in [2.05, 4.69) is 11.9 Å². The molecule has 0 aromatic heterocycles. The van der Waals surface area contributed by atoms with E-state index in [9.17, 15) is 9.59 Å². The summed E-state index contributed by atoms with van der Waals surface area (Å²) in [4.78, 5) is 22.1. The van der Waals surface area contributed by atoms with Crippen LogP contribution in [0.25, 0.3) is 0 Å². The Labute approximate surface area is 112 Å². The zero-order chi connectivity index (χ0) is 14.3. The number of ether oxygens (including phenoxy) is 2. The van der Waals surface area contributed by atoms with Crippen molar-refractivity contribution in [1.82, 2.24) is 5.32 Å². The Morgan fingerprint density at radius 3 is 2.89 bits per heavy atom. The van der Waals surface area contributed by atoms with Crippen LogP contribution in [0, 0.1) is 0 Å². The maximum Gasteiger partial charge on any atom is 0.333 e. The van der Waals surface area contributed by atoms with E-state index in [1.807, 2.05) is 0 Å². The molecule has 6 nitrogen and oxygen atoms in total. The van der Waals surface area contributed by atoms with E-state index in [1.165, 1.54) is 13.0 Å². The van der Waals surface area contributed by atoms with Gasteiger partial charge in [-0.15, -0.1) is 0 Å². The maximum atomic E-state index is 11.5. The van der Waals surface area contributed by atoms with Crippen molar-refractivity contribution in [2.24, 2.45) is 0 Å². The molecule has 1 fully saturated rings. The molecule has 0 aliphatic carbocycles. The van der Waals surface area contributed by atoms with Crippen LogP contribution in [0.4, 0.5) is 0 Å². The molecule has 106 valence electrons. The molecule has 0 aromatic rings. The number of nitrogens with one attached hydrogen (secondary N) is 1. The fourth-order valence-corrected chi connectivity index (χ4v) is 1.47. The van der Waals surface area contributed by atoms with Gasteiger partial charge in [0.2, 0.25) is 0 Å². The van der Waals surface area contributed by atoms with Gasteiger partial charge in [-0.25, -0.2) is 9.59 Å². The van der Waals surface area contributed by atoms with E-state index in [0.717, 1.165) is 6.54 Å². The van der Waals surface area contributed by atoms with Gasteiger partial charge in [0.1, 0.15) is 6.23 Å². The largest absolute Gasteiger partial charge is 0.478 e. The SMILES string of the molecule is C=C(CC=C(C)C(=O)O)C(=O)OCCC1NCCO1. The second-order valence-corrected chi connectivity index (χ2v) is 4.24. The van der Waals surface area contributed by atoms with Crippen molar-refractivity contribution in [1.29, 1.82) is 0 Å². The van der Waals surface area contributed by atoms with Gasteiger partial charge in [0.25, 0.3) is 0 Å². The van der Waals surface area contributed by atoms with Gasteiger partial charge in [-0.3, -0.25) is 5.32 Å². The van der Waals surface area contributed by atoms with Gasteiger partial charge in [0.05, 0.1) is 13.2 Å². The van der Waals surface area contributed by atoms with E-state index in [0.29, 0.717) is 13.0 Å². The van der Waals surface area contributed by atoms with Crippen LogP contribution in [0.2, 0.25) is 0 Å². The number of carboxylic acid groups (broad SMARTS) is 1. The molecule has 0 bridgehead atoms. The number of hydrogen-bond acceptors (Lipinski definition) is 5. The topological polar surface area (TPSA) is 84.9 Å². The van der Waals surface area contributed by atoms with Crippen LogP contribution in [-0.4, -0.2) is 43.0 Å². The second kappa shape index (κ2) is 7.70. The third kappa shape index (κ3) is 5.67. The molecule has 1 aliphatic rings. The van der Waals surface area contributed by atoms with Gasteiger partial charge in [-0.1, -0.05) is 12.7 Å². The molecule has 0 amide bonds. The molecule has 1 saturated heterocycles. The first-order valence-electron chi connectivity index (χ1n) is 6.10. The molecule has 1 atom stereocenters. The Morgan fingerprint density at radius 1 is 1.58 bits per heavy atom. The number of allylic oxidation sites excluding steroid dienone is 1. The third-order valence-electron chi connectivity index (χ3n) is 2.69. The molecule has 0 saturated carbocycles. The lowest BCUT2D eigenvalue weighted by Crippen LogP contribution is -2.24. The molecule has 1 unspecified atom stereocenters. The standard InChI is InChI=1S/C13H19NO5/c1-9(12(15)16)3-4-10(2)13(17)19-7-5-11-14-6-8-18-11/h3,11,14H,2,4-8H2,1H3,(H,15,16). The number of esters is 1. The maximum absolute atomic E-state index is 11.5. The Balaban J connectivity index is 2.22. The van der Waals surface area contributed by atoms with Gasteiger partial charge in [-0.05, 0) is 13.3 Å². The van der Waals surface area contributed by atoms with Crippen molar-refractivity contribution in [3.05, 3.63) is 23.8 Å². The lowest BCUT2D eigenvalue weighted by atomic mass is 10.1. The molecule has 2 N–H and O–H groups in total. The summed E-state index contributed by atoms with van der Waals surface area (Å²) in [6, 6.07) is 0. The average Bonchev–Trinajstić information content (AvgIpc) is 2.88. The highest BCUT2D eigenvalue weighted by atomic mass is 16.5. The fourth-order valence-electron chi connectivity index (χ4n) is 1.47. The highest BCUT2D eigenvalue weighted by Gasteiger charge is 2.15. The van der Waals surface area contributed by atoms with Gasteiger partial charge in [0.15, 0.2) is 0 Å². The quantitative estimate of drug-likeness (QED) is 0.526. The lowest BCUT2D eigenvalue weighted by Gasteiger charge is -2.10. The first-order chi connectivity index (χ1) is 9.00. The zero-order valence-corrected chi connectivity index (χ0v) is 11.0. The summed E-state index contributed by atoms with van der Waals surface area (Å²) in [5.41, 5.74) is 0.415. The second-order valence-electron chi connectivity index (χ2n) is 4.24. The molecule has 1 rings (SSSR count). The first-order valence-corrected chi connectivity index (χ1v) is 6.10. The van der Waals surface area contributed by atoms with Crippen LogP contribution in [-0.2, 0) is 19.1 Å². The minimum atomic E-state index is -1.01. The van der Waals surface area contributed by atoms with Crippen molar-refractivity contribution in [3.8, 4) is 0 Å². The van der Waals surface area contributed by atoms with Gasteiger partial charge < -0.3 is 14.6 Å². The minimum absolute atomic E-state index is 0.0600. The van der Waals surface area contributed by atoms with E-state index < -0.39 is 11.9 Å². The lowest BCUT2D eigenvalue weighted by molar-refractivity contribution is -0.140. The summed E-state index contributed by atoms with van der Waals surface area (Å²) >= 11 is 0. The summed E-state index contributed by atoms with van der Waals surface area (Å²) in [7, 11) is 0. The van der Waals surface area contributed by atoms with Crippen molar-refractivity contribution >= 4 is 11.9 Å². The van der Waals surface area contributed by atoms with Gasteiger partial charge in [-0.2, -0.15) is 0 Å². The number of rotatable bonds is 7. The van der Waals surface area contributed by atoms with Crippen LogP contribution in [0.15, 0.2) is 23.8 Å². The summed E-state index contributed by atoms with van der Waals surface area (Å²) in [5, 5.41) is 11.8. The molecule has 0 spiro atoms. The molecular formula is C13H19NO5. The van der Waals surface area contributed by atoms with Crippen LogP contribution < -0.4 is 5.32 Å². The minimum Gasteiger partial charge on any atom is -0.478 e. The summed E-state index contributed by atoms with van der Waals surface area (Å²) in [5.74, 6) is -1.52. The number of carbonyl (C=O) groups excluding carboxylic acids is 1. The molecule has 0 radical (unpaired) electrons. The molecule has 1 heterocycles. The normalized spacial score (nSPS) is 19.2. The Morgan fingerprint density at radius 2 is 2.32 bits per heavy atom. The van der Waals surface area contributed by atoms with Crippen LogP contribution in [0.3, 0.4) is 0 Å². The van der Waals surface area contributed by atoms with E-state index in [4.69, 9.17) is 14.6 Å². The van der Waals surface area contributed by atoms with E-state index in [1.54, 1.807) is 0 Å². The highest BCUT2D eigenvalue weighted by Crippen LogP contribution is 2.07. The number of carbonyl (C=O) groups is 2. The Bertz CT molecular complexity index is 382. The van der Waals surface area contributed by atoms with Crippen molar-refractivity contribution in [2.75, 3.05) is 19.8 Å². The third-order valence-corrected chi connectivity index (χ3v) is 2.69. The van der Waals surface area contributed by atoms with Crippen molar-refractivity contribution in [3.63, 3.8) is 0 Å². The summed E-state index contributed by atoms with van der Waals surface area (Å²) < 4.78 is 10.3. The van der Waals surface area contributed by atoms with Crippen LogP contribution in [0.1, 0.15) is 19.8 Å². The monoisotopic (exact) mass is 269 g/mol. The molecule has 19 heavy (non-hydrogen) atoms. The Hall–Kier alpha value is -1.66. The first kappa shape index (κ1) is 15.4. The average molecular weight is 269 g/mol. The van der Waals surface area contributed by atoms with Gasteiger partial charge in [0, 0.05) is 24.1 Å². The van der Waals surface area contributed by atoms with Gasteiger partial charge >= 0.3 is 11.9 Å². The predicted octanol–water partition coefficient (Wildman–Crippen LogP) is 0.843. The van der Waals surface area contributed by atoms with E-state index >= 15 is 0 Å². The number of carboxylic acids is 1. The molecular weight excluding hydrogens is 250 g/mol. The van der Waals surface area contributed by atoms with Crippen molar-refractivity contribution in [2.45, 2.75) is 26.0 Å². The van der Waals surface area contributed by atoms with E-state index in [-0.39, 0.29) is 30.4 Å². The smallest absolute Gasteiger partial charge is 0.333 e. The van der Waals surface area contributed by atoms with Crippen LogP contribution >= 0.6 is 0 Å². The summed E-state index contributed by atoms with van der Waals surface area (Å²) in [6.45, 7) is 6.77. The van der Waals surface area contributed by atoms with Crippen molar-refractivity contribution < 1.29 is 24.2 Å². The Kier molecular flexibility index (Phi) is 6.24. The molecule has 6 heteroatoms. The van der Waals surface area contributed by atoms with Crippen LogP contribution in [0.5, 0.6) is 0 Å². The predicted molar refractivity (Wildman–Crippen MR) is 68.5 cm³/mol. The molecule has 1 aliphatic heterocycles. The summed E-state index contributed by atoms with van der Waals surface area (Å²) in [6.07, 6.45) is 2.14. The zero-order valence-electron chi connectivity index (χ0n) is 11.0. The molecule has 0 aromatic carbocycles. The number of aliphatic carboxylic acids is 1. The number of hydrogen-bond donors (Lipinski definition) is 2.